The molecular weight excluding hydrogens is 232 g/mol. The third kappa shape index (κ3) is 9.25. The zero-order valence-corrected chi connectivity index (χ0v) is 9.68. The van der Waals surface area contributed by atoms with Gasteiger partial charge in [-0.3, -0.25) is 9.11 Å². The third-order valence-corrected chi connectivity index (χ3v) is 1.58. The van der Waals surface area contributed by atoms with Crippen LogP contribution in [0.4, 0.5) is 0 Å². The molecule has 2 N–H and O–H groups in total. The lowest BCUT2D eigenvalue weighted by Gasteiger charge is -2.18. The van der Waals surface area contributed by atoms with E-state index in [1.165, 1.54) is 0 Å². The summed E-state index contributed by atoms with van der Waals surface area (Å²) in [7, 11) is -4.67. The zero-order valence-electron chi connectivity index (χ0n) is 8.86. The standard InChI is InChI=1S/C9H14N2.H2O4S/c1-3-5-10-7-8-11(9-10)6-4-2;1-5(2,3)4/h3-4,7-8H,1-2,5-6,9H2;(H2,1,2,3,4). The van der Waals surface area contributed by atoms with Crippen molar-refractivity contribution in [3.63, 3.8) is 0 Å². The molecule has 0 bridgehead atoms. The van der Waals surface area contributed by atoms with Crippen LogP contribution in [0.2, 0.25) is 0 Å². The fraction of sp³-hybridized carbons (Fsp3) is 0.333. The van der Waals surface area contributed by atoms with Gasteiger partial charge in [-0.25, -0.2) is 0 Å². The van der Waals surface area contributed by atoms with E-state index in [0.29, 0.717) is 0 Å². The second kappa shape index (κ2) is 7.04. The molecule has 1 aliphatic heterocycles. The molecule has 7 heteroatoms. The van der Waals surface area contributed by atoms with Crippen molar-refractivity contribution in [1.82, 2.24) is 9.80 Å². The van der Waals surface area contributed by atoms with Crippen LogP contribution in [-0.4, -0.2) is 47.1 Å². The maximum absolute atomic E-state index is 8.74. The van der Waals surface area contributed by atoms with E-state index in [-0.39, 0.29) is 0 Å². The largest absolute Gasteiger partial charge is 0.394 e. The molecule has 1 heterocycles. The summed E-state index contributed by atoms with van der Waals surface area (Å²) in [6, 6.07) is 0. The Morgan fingerprint density at radius 1 is 1.12 bits per heavy atom. The first-order chi connectivity index (χ1) is 7.36. The van der Waals surface area contributed by atoms with Crippen molar-refractivity contribution < 1.29 is 17.5 Å². The van der Waals surface area contributed by atoms with E-state index in [9.17, 15) is 0 Å². The lowest BCUT2D eigenvalue weighted by atomic mass is 10.5. The van der Waals surface area contributed by atoms with Crippen molar-refractivity contribution >= 4 is 10.4 Å². The van der Waals surface area contributed by atoms with Crippen LogP contribution in [0.25, 0.3) is 0 Å². The lowest BCUT2D eigenvalue weighted by molar-refractivity contribution is 0.300. The summed E-state index contributed by atoms with van der Waals surface area (Å²) in [5.41, 5.74) is 0. The Morgan fingerprint density at radius 3 is 1.69 bits per heavy atom. The summed E-state index contributed by atoms with van der Waals surface area (Å²) in [5, 5.41) is 0. The molecule has 92 valence electrons. The molecule has 0 aromatic carbocycles. The van der Waals surface area contributed by atoms with Gasteiger partial charge in [0.2, 0.25) is 0 Å². The van der Waals surface area contributed by atoms with Crippen molar-refractivity contribution in [1.29, 1.82) is 0 Å². The normalized spacial score (nSPS) is 14.4. The fourth-order valence-corrected chi connectivity index (χ4v) is 1.08. The van der Waals surface area contributed by atoms with E-state index in [1.807, 2.05) is 12.2 Å². The molecular formula is C9H16N2O4S. The summed E-state index contributed by atoms with van der Waals surface area (Å²) < 4.78 is 31.6. The monoisotopic (exact) mass is 248 g/mol. The fourth-order valence-electron chi connectivity index (χ4n) is 1.08. The Labute approximate surface area is 95.7 Å². The van der Waals surface area contributed by atoms with Gasteiger partial charge in [0.05, 0.1) is 6.67 Å². The van der Waals surface area contributed by atoms with Crippen LogP contribution in [0.15, 0.2) is 37.7 Å². The first-order valence-electron chi connectivity index (χ1n) is 4.45. The van der Waals surface area contributed by atoms with Crippen molar-refractivity contribution in [3.8, 4) is 0 Å². The van der Waals surface area contributed by atoms with Crippen molar-refractivity contribution in [2.24, 2.45) is 0 Å². The summed E-state index contributed by atoms with van der Waals surface area (Å²) in [5.74, 6) is 0. The van der Waals surface area contributed by atoms with Crippen LogP contribution in [0, 0.1) is 0 Å². The van der Waals surface area contributed by atoms with E-state index in [4.69, 9.17) is 17.5 Å². The van der Waals surface area contributed by atoms with Gasteiger partial charge in [-0.05, 0) is 0 Å². The average molecular weight is 248 g/mol. The van der Waals surface area contributed by atoms with Gasteiger partial charge in [0.1, 0.15) is 0 Å². The van der Waals surface area contributed by atoms with Crippen LogP contribution < -0.4 is 0 Å². The quantitative estimate of drug-likeness (QED) is 0.564. The highest BCUT2D eigenvalue weighted by Gasteiger charge is 2.07. The average Bonchev–Trinajstić information content (AvgIpc) is 2.51. The number of hydrogen-bond acceptors (Lipinski definition) is 4. The number of nitrogens with zero attached hydrogens (tertiary/aromatic N) is 2. The minimum atomic E-state index is -4.67. The van der Waals surface area contributed by atoms with Crippen molar-refractivity contribution in [2.45, 2.75) is 0 Å². The van der Waals surface area contributed by atoms with Crippen LogP contribution in [0.1, 0.15) is 0 Å². The third-order valence-electron chi connectivity index (χ3n) is 1.58. The molecule has 0 aromatic heterocycles. The van der Waals surface area contributed by atoms with Gasteiger partial charge in [0, 0.05) is 25.5 Å². The smallest absolute Gasteiger partial charge is 0.355 e. The molecule has 16 heavy (non-hydrogen) atoms. The van der Waals surface area contributed by atoms with Crippen LogP contribution in [-0.2, 0) is 10.4 Å². The SMILES string of the molecule is C=CCN1C=CN(CC=C)C1.O=S(=O)(O)O. The molecule has 1 rings (SSSR count). The first-order valence-corrected chi connectivity index (χ1v) is 5.84. The first kappa shape index (κ1) is 14.7. The molecule has 1 aliphatic rings. The maximum atomic E-state index is 8.74. The van der Waals surface area contributed by atoms with Gasteiger partial charge in [-0.15, -0.1) is 13.2 Å². The molecule has 0 aromatic rings. The predicted octanol–water partition coefficient (Wildman–Crippen LogP) is 0.752. The Kier molecular flexibility index (Phi) is 6.47. The molecule has 6 nitrogen and oxygen atoms in total. The molecule has 0 spiro atoms. The van der Waals surface area contributed by atoms with Gasteiger partial charge in [-0.1, -0.05) is 12.2 Å². The Balaban J connectivity index is 0.000000385. The van der Waals surface area contributed by atoms with E-state index >= 15 is 0 Å². The molecule has 0 aliphatic carbocycles. The van der Waals surface area contributed by atoms with E-state index in [1.54, 1.807) is 0 Å². The molecule has 0 fully saturated rings. The van der Waals surface area contributed by atoms with Gasteiger partial charge >= 0.3 is 10.4 Å². The van der Waals surface area contributed by atoms with Gasteiger partial charge < -0.3 is 9.80 Å². The maximum Gasteiger partial charge on any atom is 0.394 e. The highest BCUT2D eigenvalue weighted by atomic mass is 32.3. The molecule has 0 saturated heterocycles. The summed E-state index contributed by atoms with van der Waals surface area (Å²) in [4.78, 5) is 4.38. The highest BCUT2D eigenvalue weighted by molar-refractivity contribution is 7.79. The van der Waals surface area contributed by atoms with Crippen molar-refractivity contribution in [2.75, 3.05) is 19.8 Å². The van der Waals surface area contributed by atoms with Gasteiger partial charge in [0.15, 0.2) is 0 Å². The minimum Gasteiger partial charge on any atom is -0.355 e. The number of hydrogen-bond donors (Lipinski definition) is 2. The summed E-state index contributed by atoms with van der Waals surface area (Å²) in [6.07, 6.45) is 7.96. The molecule has 0 unspecified atom stereocenters. The predicted molar refractivity (Wildman–Crippen MR) is 62.0 cm³/mol. The van der Waals surface area contributed by atoms with E-state index in [0.717, 1.165) is 19.8 Å². The van der Waals surface area contributed by atoms with Crippen LogP contribution in [0.5, 0.6) is 0 Å². The van der Waals surface area contributed by atoms with Crippen molar-refractivity contribution in [3.05, 3.63) is 37.7 Å². The topological polar surface area (TPSA) is 81.1 Å². The second-order valence-corrected chi connectivity index (χ2v) is 3.90. The summed E-state index contributed by atoms with van der Waals surface area (Å²) >= 11 is 0. The van der Waals surface area contributed by atoms with E-state index in [2.05, 4.69) is 35.4 Å². The Hall–Kier alpha value is -1.31. The van der Waals surface area contributed by atoms with Gasteiger partial charge in [0.25, 0.3) is 0 Å². The zero-order chi connectivity index (χ0) is 12.6. The lowest BCUT2D eigenvalue weighted by Crippen LogP contribution is -2.25. The number of rotatable bonds is 4. The molecule has 0 amide bonds. The molecule has 0 atom stereocenters. The van der Waals surface area contributed by atoms with Crippen LogP contribution >= 0.6 is 0 Å². The Morgan fingerprint density at radius 2 is 1.44 bits per heavy atom. The minimum absolute atomic E-state index is 0.921. The summed E-state index contributed by atoms with van der Waals surface area (Å²) in [6.45, 7) is 10.2. The highest BCUT2D eigenvalue weighted by Crippen LogP contribution is 2.04. The Bertz CT molecular complexity index is 325. The van der Waals surface area contributed by atoms with Crippen LogP contribution in [0.3, 0.4) is 0 Å². The molecule has 0 radical (unpaired) electrons. The molecule has 0 saturated carbocycles. The van der Waals surface area contributed by atoms with Gasteiger partial charge in [-0.2, -0.15) is 8.42 Å². The second-order valence-electron chi connectivity index (χ2n) is 3.01. The van der Waals surface area contributed by atoms with E-state index < -0.39 is 10.4 Å².